The first-order valence-electron chi connectivity index (χ1n) is 5.69. The molecule has 0 aliphatic carbocycles. The molecule has 16 heavy (non-hydrogen) atoms. The molecule has 0 saturated heterocycles. The highest BCUT2D eigenvalue weighted by Gasteiger charge is 2.10. The van der Waals surface area contributed by atoms with Gasteiger partial charge in [0.05, 0.1) is 0 Å². The molecule has 1 aromatic carbocycles. The van der Waals surface area contributed by atoms with E-state index in [0.29, 0.717) is 11.1 Å². The Balaban J connectivity index is 2.58. The summed E-state index contributed by atoms with van der Waals surface area (Å²) in [5.74, 6) is 0.0533. The van der Waals surface area contributed by atoms with Crippen LogP contribution in [0.3, 0.4) is 0 Å². The number of hydrogen-bond donors (Lipinski definition) is 1. The van der Waals surface area contributed by atoms with Crippen LogP contribution in [0.4, 0.5) is 4.39 Å². The van der Waals surface area contributed by atoms with E-state index in [1.54, 1.807) is 6.07 Å². The normalized spacial score (nSPS) is 13.1. The average Bonchev–Trinajstić information content (AvgIpc) is 2.21. The van der Waals surface area contributed by atoms with Crippen LogP contribution >= 0.6 is 11.6 Å². The van der Waals surface area contributed by atoms with Crippen LogP contribution in [0, 0.1) is 5.82 Å². The van der Waals surface area contributed by atoms with Gasteiger partial charge in [0.25, 0.3) is 0 Å². The molecular formula is C13H19ClFN. The summed E-state index contributed by atoms with van der Waals surface area (Å²) in [6.07, 6.45) is 0.960. The van der Waals surface area contributed by atoms with Gasteiger partial charge in [-0.3, -0.25) is 0 Å². The SMILES string of the molecule is CC(C)NCCC(C)c1cc(F)ccc1Cl. The minimum absolute atomic E-state index is 0.219. The van der Waals surface area contributed by atoms with Gasteiger partial charge in [0, 0.05) is 11.1 Å². The van der Waals surface area contributed by atoms with Gasteiger partial charge in [-0.05, 0) is 42.6 Å². The summed E-state index contributed by atoms with van der Waals surface area (Å²) in [6.45, 7) is 7.22. The van der Waals surface area contributed by atoms with E-state index in [1.165, 1.54) is 12.1 Å². The lowest BCUT2D eigenvalue weighted by atomic mass is 9.97. The van der Waals surface area contributed by atoms with Crippen molar-refractivity contribution in [1.82, 2.24) is 5.32 Å². The summed E-state index contributed by atoms with van der Waals surface area (Å²) in [7, 11) is 0. The highest BCUT2D eigenvalue weighted by Crippen LogP contribution is 2.27. The number of rotatable bonds is 5. The number of hydrogen-bond acceptors (Lipinski definition) is 1. The van der Waals surface area contributed by atoms with Gasteiger partial charge in [-0.25, -0.2) is 4.39 Å². The summed E-state index contributed by atoms with van der Waals surface area (Å²) >= 11 is 6.05. The first-order chi connectivity index (χ1) is 7.50. The summed E-state index contributed by atoms with van der Waals surface area (Å²) in [6, 6.07) is 5.03. The van der Waals surface area contributed by atoms with Gasteiger partial charge in [0.15, 0.2) is 0 Å². The third kappa shape index (κ3) is 4.11. The molecule has 0 spiro atoms. The molecule has 0 aliphatic heterocycles. The second-order valence-corrected chi connectivity index (χ2v) is 4.87. The zero-order valence-corrected chi connectivity index (χ0v) is 10.8. The average molecular weight is 244 g/mol. The van der Waals surface area contributed by atoms with Gasteiger partial charge in [0.1, 0.15) is 5.82 Å². The fourth-order valence-electron chi connectivity index (χ4n) is 1.64. The van der Waals surface area contributed by atoms with Crippen LogP contribution in [0.15, 0.2) is 18.2 Å². The second-order valence-electron chi connectivity index (χ2n) is 4.46. The van der Waals surface area contributed by atoms with E-state index in [-0.39, 0.29) is 11.7 Å². The van der Waals surface area contributed by atoms with E-state index in [2.05, 4.69) is 26.1 Å². The minimum atomic E-state index is -0.219. The zero-order chi connectivity index (χ0) is 12.1. The molecule has 90 valence electrons. The van der Waals surface area contributed by atoms with Crippen LogP contribution in [0.5, 0.6) is 0 Å². The molecule has 1 unspecified atom stereocenters. The van der Waals surface area contributed by atoms with Crippen molar-refractivity contribution >= 4 is 11.6 Å². The van der Waals surface area contributed by atoms with Crippen molar-refractivity contribution < 1.29 is 4.39 Å². The molecule has 0 saturated carbocycles. The highest BCUT2D eigenvalue weighted by atomic mass is 35.5. The number of nitrogens with one attached hydrogen (secondary N) is 1. The molecule has 3 heteroatoms. The van der Waals surface area contributed by atoms with E-state index < -0.39 is 0 Å². The second kappa shape index (κ2) is 6.21. The highest BCUT2D eigenvalue weighted by molar-refractivity contribution is 6.31. The molecule has 0 aliphatic rings. The Morgan fingerprint density at radius 3 is 2.62 bits per heavy atom. The van der Waals surface area contributed by atoms with Crippen molar-refractivity contribution in [1.29, 1.82) is 0 Å². The Hall–Kier alpha value is -0.600. The van der Waals surface area contributed by atoms with E-state index in [9.17, 15) is 4.39 Å². The van der Waals surface area contributed by atoms with Crippen molar-refractivity contribution in [3.05, 3.63) is 34.6 Å². The Morgan fingerprint density at radius 1 is 1.31 bits per heavy atom. The quantitative estimate of drug-likeness (QED) is 0.825. The van der Waals surface area contributed by atoms with Crippen molar-refractivity contribution in [2.75, 3.05) is 6.54 Å². The van der Waals surface area contributed by atoms with Crippen LogP contribution in [-0.4, -0.2) is 12.6 Å². The summed E-state index contributed by atoms with van der Waals surface area (Å²) < 4.78 is 13.1. The van der Waals surface area contributed by atoms with Gasteiger partial charge in [-0.1, -0.05) is 32.4 Å². The van der Waals surface area contributed by atoms with Crippen LogP contribution < -0.4 is 5.32 Å². The molecule has 1 rings (SSSR count). The van der Waals surface area contributed by atoms with Crippen molar-refractivity contribution in [3.8, 4) is 0 Å². The van der Waals surface area contributed by atoms with E-state index in [0.717, 1.165) is 18.5 Å². The van der Waals surface area contributed by atoms with Crippen molar-refractivity contribution in [2.45, 2.75) is 39.2 Å². The molecule has 0 amide bonds. The van der Waals surface area contributed by atoms with E-state index >= 15 is 0 Å². The maximum absolute atomic E-state index is 13.1. The van der Waals surface area contributed by atoms with Crippen molar-refractivity contribution in [2.24, 2.45) is 0 Å². The molecular weight excluding hydrogens is 225 g/mol. The lowest BCUT2D eigenvalue weighted by molar-refractivity contribution is 0.539. The predicted octanol–water partition coefficient (Wildman–Crippen LogP) is 3.97. The Bertz CT molecular complexity index is 339. The van der Waals surface area contributed by atoms with Crippen LogP contribution in [-0.2, 0) is 0 Å². The molecule has 0 heterocycles. The topological polar surface area (TPSA) is 12.0 Å². The molecule has 0 bridgehead atoms. The van der Waals surface area contributed by atoms with Gasteiger partial charge in [0.2, 0.25) is 0 Å². The lowest BCUT2D eigenvalue weighted by Gasteiger charge is -2.15. The van der Waals surface area contributed by atoms with Gasteiger partial charge < -0.3 is 5.32 Å². The lowest BCUT2D eigenvalue weighted by Crippen LogP contribution is -2.24. The third-order valence-electron chi connectivity index (χ3n) is 2.62. The molecule has 1 nitrogen and oxygen atoms in total. The minimum Gasteiger partial charge on any atom is -0.315 e. The molecule has 0 radical (unpaired) electrons. The predicted molar refractivity (Wildman–Crippen MR) is 67.6 cm³/mol. The van der Waals surface area contributed by atoms with E-state index in [1.807, 2.05) is 0 Å². The van der Waals surface area contributed by atoms with Crippen LogP contribution in [0.2, 0.25) is 5.02 Å². The third-order valence-corrected chi connectivity index (χ3v) is 2.96. The molecule has 1 atom stereocenters. The Kier molecular flexibility index (Phi) is 5.23. The monoisotopic (exact) mass is 243 g/mol. The van der Waals surface area contributed by atoms with Crippen molar-refractivity contribution in [3.63, 3.8) is 0 Å². The molecule has 1 aromatic rings. The smallest absolute Gasteiger partial charge is 0.123 e. The maximum Gasteiger partial charge on any atom is 0.123 e. The fraction of sp³-hybridized carbons (Fsp3) is 0.538. The van der Waals surface area contributed by atoms with Gasteiger partial charge in [-0.2, -0.15) is 0 Å². The summed E-state index contributed by atoms with van der Waals surface area (Å²) in [5, 5.41) is 3.99. The van der Waals surface area contributed by atoms with Crippen LogP contribution in [0.1, 0.15) is 38.7 Å². The standard InChI is InChI=1S/C13H19ClFN/c1-9(2)16-7-6-10(3)12-8-11(15)4-5-13(12)14/h4-5,8-10,16H,6-7H2,1-3H3. The fourth-order valence-corrected chi connectivity index (χ4v) is 1.94. The van der Waals surface area contributed by atoms with Crippen LogP contribution in [0.25, 0.3) is 0 Å². The first-order valence-corrected chi connectivity index (χ1v) is 6.07. The van der Waals surface area contributed by atoms with Gasteiger partial charge >= 0.3 is 0 Å². The van der Waals surface area contributed by atoms with E-state index in [4.69, 9.17) is 11.6 Å². The van der Waals surface area contributed by atoms with Gasteiger partial charge in [-0.15, -0.1) is 0 Å². The maximum atomic E-state index is 13.1. The number of halogens is 2. The first kappa shape index (κ1) is 13.5. The Labute approximate surface area is 102 Å². The molecule has 0 fully saturated rings. The molecule has 1 N–H and O–H groups in total. The summed E-state index contributed by atoms with van der Waals surface area (Å²) in [4.78, 5) is 0. The zero-order valence-electron chi connectivity index (χ0n) is 10.1. The summed E-state index contributed by atoms with van der Waals surface area (Å²) in [5.41, 5.74) is 0.896. The molecule has 0 aromatic heterocycles. The number of benzene rings is 1. The Morgan fingerprint density at radius 2 is 2.00 bits per heavy atom. The largest absolute Gasteiger partial charge is 0.315 e.